The first kappa shape index (κ1) is 13.8. The van der Waals surface area contributed by atoms with Gasteiger partial charge < -0.3 is 14.6 Å². The van der Waals surface area contributed by atoms with E-state index in [0.717, 1.165) is 37.5 Å². The lowest BCUT2D eigenvalue weighted by Crippen LogP contribution is -2.30. The molecule has 6 heteroatoms. The Bertz CT molecular complexity index is 353. The number of nitrogens with one attached hydrogen (secondary N) is 1. The van der Waals surface area contributed by atoms with Crippen molar-refractivity contribution in [3.63, 3.8) is 0 Å². The van der Waals surface area contributed by atoms with Gasteiger partial charge in [0.15, 0.2) is 0 Å². The van der Waals surface area contributed by atoms with Gasteiger partial charge >= 0.3 is 0 Å². The summed E-state index contributed by atoms with van der Waals surface area (Å²) in [6.07, 6.45) is 1.85. The zero-order chi connectivity index (χ0) is 12.8. The first-order valence-corrected chi connectivity index (χ1v) is 7.74. The summed E-state index contributed by atoms with van der Waals surface area (Å²) in [6.45, 7) is 6.00. The maximum atomic E-state index is 5.63. The average Bonchev–Trinajstić information content (AvgIpc) is 2.88. The molecule has 1 N–H and O–H groups in total. The van der Waals surface area contributed by atoms with E-state index in [1.54, 1.807) is 0 Å². The monoisotopic (exact) mass is 271 g/mol. The minimum atomic E-state index is 0.000427. The summed E-state index contributed by atoms with van der Waals surface area (Å²) in [5.41, 5.74) is 0. The molecule has 1 saturated heterocycles. The molecular weight excluding hydrogens is 250 g/mol. The third-order valence-electron chi connectivity index (χ3n) is 2.99. The van der Waals surface area contributed by atoms with Gasteiger partial charge in [-0.25, -0.2) is 0 Å². The molecule has 2 atom stereocenters. The van der Waals surface area contributed by atoms with E-state index in [-0.39, 0.29) is 6.10 Å². The third-order valence-corrected chi connectivity index (χ3v) is 3.99. The van der Waals surface area contributed by atoms with Gasteiger partial charge in [-0.15, -0.1) is 0 Å². The van der Waals surface area contributed by atoms with Gasteiger partial charge in [0.1, 0.15) is 6.10 Å². The van der Waals surface area contributed by atoms with E-state index < -0.39 is 0 Å². The maximum absolute atomic E-state index is 5.63. The van der Waals surface area contributed by atoms with Crippen LogP contribution in [0.1, 0.15) is 38.1 Å². The van der Waals surface area contributed by atoms with E-state index in [1.807, 2.05) is 11.8 Å². The van der Waals surface area contributed by atoms with Crippen LogP contribution in [0.3, 0.4) is 0 Å². The quantitative estimate of drug-likeness (QED) is 0.851. The summed E-state index contributed by atoms with van der Waals surface area (Å²) < 4.78 is 10.9. The van der Waals surface area contributed by atoms with E-state index in [2.05, 4.69) is 29.3 Å². The lowest BCUT2D eigenvalue weighted by molar-refractivity contribution is 0.0677. The van der Waals surface area contributed by atoms with Crippen LogP contribution in [0.15, 0.2) is 4.52 Å². The Labute approximate surface area is 112 Å². The Hall–Kier alpha value is -0.590. The molecule has 0 radical (unpaired) electrons. The minimum absolute atomic E-state index is 0.000427. The van der Waals surface area contributed by atoms with Gasteiger partial charge in [-0.1, -0.05) is 19.0 Å². The van der Waals surface area contributed by atoms with Crippen LogP contribution in [-0.4, -0.2) is 40.8 Å². The van der Waals surface area contributed by atoms with Crippen molar-refractivity contribution in [3.05, 3.63) is 11.7 Å². The van der Waals surface area contributed by atoms with Crippen molar-refractivity contribution in [2.45, 2.75) is 38.8 Å². The van der Waals surface area contributed by atoms with Crippen molar-refractivity contribution >= 4 is 11.8 Å². The van der Waals surface area contributed by atoms with Gasteiger partial charge in [-0.05, 0) is 13.0 Å². The zero-order valence-electron chi connectivity index (χ0n) is 11.0. The molecule has 5 nitrogen and oxygen atoms in total. The first-order valence-electron chi connectivity index (χ1n) is 6.58. The zero-order valence-corrected chi connectivity index (χ0v) is 11.8. The lowest BCUT2D eigenvalue weighted by Gasteiger charge is -2.18. The molecule has 0 aliphatic carbocycles. The number of ether oxygens (including phenoxy) is 1. The van der Waals surface area contributed by atoms with Crippen LogP contribution in [0.5, 0.6) is 0 Å². The highest BCUT2D eigenvalue weighted by Crippen LogP contribution is 2.24. The van der Waals surface area contributed by atoms with Crippen LogP contribution in [0.4, 0.5) is 0 Å². The fourth-order valence-electron chi connectivity index (χ4n) is 1.98. The van der Waals surface area contributed by atoms with Crippen LogP contribution < -0.4 is 5.32 Å². The summed E-state index contributed by atoms with van der Waals surface area (Å²) in [5, 5.41) is 7.44. The minimum Gasteiger partial charge on any atom is -0.368 e. The fourth-order valence-corrected chi connectivity index (χ4v) is 2.82. The van der Waals surface area contributed by atoms with E-state index in [4.69, 9.17) is 9.26 Å². The van der Waals surface area contributed by atoms with E-state index >= 15 is 0 Å². The molecule has 18 heavy (non-hydrogen) atoms. The highest BCUT2D eigenvalue weighted by Gasteiger charge is 2.22. The number of likely N-dealkylation sites (N-methyl/N-ethyl adjacent to an activating group) is 1. The van der Waals surface area contributed by atoms with Gasteiger partial charge in [0, 0.05) is 24.0 Å². The molecule has 0 aromatic carbocycles. The molecule has 2 heterocycles. The predicted molar refractivity (Wildman–Crippen MR) is 71.8 cm³/mol. The Morgan fingerprint density at radius 1 is 1.50 bits per heavy atom. The van der Waals surface area contributed by atoms with Gasteiger partial charge in [0.25, 0.3) is 0 Å². The summed E-state index contributed by atoms with van der Waals surface area (Å²) >= 11 is 1.87. The van der Waals surface area contributed by atoms with Gasteiger partial charge in [0.05, 0.1) is 6.61 Å². The van der Waals surface area contributed by atoms with Crippen LogP contribution in [0, 0.1) is 0 Å². The Morgan fingerprint density at radius 2 is 2.39 bits per heavy atom. The molecule has 2 rings (SSSR count). The summed E-state index contributed by atoms with van der Waals surface area (Å²) in [5.74, 6) is 3.38. The van der Waals surface area contributed by atoms with E-state index in [0.29, 0.717) is 17.8 Å². The second-order valence-corrected chi connectivity index (χ2v) is 5.50. The van der Waals surface area contributed by atoms with Crippen LogP contribution in [-0.2, 0) is 11.2 Å². The molecule has 1 aliphatic heterocycles. The van der Waals surface area contributed by atoms with Crippen LogP contribution in [0.2, 0.25) is 0 Å². The van der Waals surface area contributed by atoms with Gasteiger partial charge in [-0.3, -0.25) is 0 Å². The smallest absolute Gasteiger partial charge is 0.228 e. The number of rotatable bonds is 6. The maximum Gasteiger partial charge on any atom is 0.228 e. The normalized spacial score (nSPS) is 22.0. The van der Waals surface area contributed by atoms with Crippen molar-refractivity contribution in [3.8, 4) is 0 Å². The molecule has 1 aromatic rings. The van der Waals surface area contributed by atoms with Crippen molar-refractivity contribution in [2.24, 2.45) is 0 Å². The van der Waals surface area contributed by atoms with Gasteiger partial charge in [-0.2, -0.15) is 16.7 Å². The molecular formula is C12H21N3O2S. The second kappa shape index (κ2) is 7.11. The molecule has 0 spiro atoms. The molecule has 0 amide bonds. The number of nitrogens with zero attached hydrogens (tertiary/aromatic N) is 2. The molecule has 0 bridgehead atoms. The Balaban J connectivity index is 1.92. The highest BCUT2D eigenvalue weighted by molar-refractivity contribution is 7.99. The number of thioether (sulfide) groups is 1. The molecule has 2 unspecified atom stereocenters. The third kappa shape index (κ3) is 3.70. The Morgan fingerprint density at radius 3 is 3.06 bits per heavy atom. The molecule has 1 aromatic heterocycles. The van der Waals surface area contributed by atoms with E-state index in [1.165, 1.54) is 0 Å². The Kier molecular flexibility index (Phi) is 5.46. The van der Waals surface area contributed by atoms with Crippen LogP contribution in [0.25, 0.3) is 0 Å². The standard InChI is InChI=1S/C12H21N3O2S/c1-3-9(13-4-2)7-11-14-12(15-17-11)10-8-18-6-5-16-10/h9-10,13H,3-8H2,1-2H3. The lowest BCUT2D eigenvalue weighted by atomic mass is 10.1. The molecule has 1 fully saturated rings. The average molecular weight is 271 g/mol. The molecule has 102 valence electrons. The highest BCUT2D eigenvalue weighted by atomic mass is 32.2. The number of aromatic nitrogens is 2. The predicted octanol–water partition coefficient (Wildman–Crippen LogP) is 1.80. The second-order valence-electron chi connectivity index (χ2n) is 4.35. The van der Waals surface area contributed by atoms with Crippen molar-refractivity contribution in [1.29, 1.82) is 0 Å². The number of hydrogen-bond donors (Lipinski definition) is 1. The summed E-state index contributed by atoms with van der Waals surface area (Å²) in [4.78, 5) is 4.45. The topological polar surface area (TPSA) is 60.2 Å². The van der Waals surface area contributed by atoms with Crippen molar-refractivity contribution in [2.75, 3.05) is 24.7 Å². The van der Waals surface area contributed by atoms with Crippen molar-refractivity contribution < 1.29 is 9.26 Å². The van der Waals surface area contributed by atoms with Crippen molar-refractivity contribution in [1.82, 2.24) is 15.5 Å². The van der Waals surface area contributed by atoms with Crippen LogP contribution >= 0.6 is 11.8 Å². The SMILES string of the molecule is CCNC(CC)Cc1nc(C2CSCCO2)no1. The first-order chi connectivity index (χ1) is 8.83. The van der Waals surface area contributed by atoms with E-state index in [9.17, 15) is 0 Å². The molecule has 1 aliphatic rings. The summed E-state index contributed by atoms with van der Waals surface area (Å²) in [7, 11) is 0. The molecule has 0 saturated carbocycles. The summed E-state index contributed by atoms with van der Waals surface area (Å²) in [6, 6.07) is 0.407. The number of hydrogen-bond acceptors (Lipinski definition) is 6. The van der Waals surface area contributed by atoms with Gasteiger partial charge in [0.2, 0.25) is 11.7 Å². The fraction of sp³-hybridized carbons (Fsp3) is 0.833. The largest absolute Gasteiger partial charge is 0.368 e.